The molecule has 0 atom stereocenters. The highest BCUT2D eigenvalue weighted by molar-refractivity contribution is 7.99. The molecule has 0 aromatic carbocycles. The van der Waals surface area contributed by atoms with E-state index in [1.807, 2.05) is 0 Å². The lowest BCUT2D eigenvalue weighted by atomic mass is 10.2. The average Bonchev–Trinajstić information content (AvgIpc) is 1.94. The van der Waals surface area contributed by atoms with Gasteiger partial charge in [0.25, 0.3) is 0 Å². The summed E-state index contributed by atoms with van der Waals surface area (Å²) in [5, 5.41) is 8.33. The molecule has 0 spiro atoms. The van der Waals surface area contributed by atoms with Gasteiger partial charge in [0, 0.05) is 5.75 Å². The summed E-state index contributed by atoms with van der Waals surface area (Å²) in [6.07, 6.45) is 0.259. The van der Waals surface area contributed by atoms with E-state index in [0.29, 0.717) is 5.75 Å². The Balaban J connectivity index is 3.50. The van der Waals surface area contributed by atoms with E-state index >= 15 is 0 Å². The third kappa shape index (κ3) is 9.38. The molecule has 0 unspecified atom stereocenters. The Bertz CT molecular complexity index is 207. The fraction of sp³-hybridized carbons (Fsp3) is 0.778. The first-order chi connectivity index (χ1) is 6.31. The Morgan fingerprint density at radius 1 is 1.36 bits per heavy atom. The second-order valence-electron chi connectivity index (χ2n) is 3.78. The molecule has 0 fully saturated rings. The molecule has 0 aliphatic rings. The van der Waals surface area contributed by atoms with Crippen LogP contribution in [-0.4, -0.2) is 34.2 Å². The number of esters is 1. The Hall–Kier alpha value is -0.710. The monoisotopic (exact) mass is 220 g/mol. The molecule has 5 heteroatoms. The van der Waals surface area contributed by atoms with E-state index in [1.54, 1.807) is 20.8 Å². The van der Waals surface area contributed by atoms with Gasteiger partial charge in [-0.1, -0.05) is 0 Å². The van der Waals surface area contributed by atoms with Crippen LogP contribution in [0.25, 0.3) is 0 Å². The zero-order valence-electron chi connectivity index (χ0n) is 8.70. The van der Waals surface area contributed by atoms with E-state index in [0.717, 1.165) is 0 Å². The zero-order valence-corrected chi connectivity index (χ0v) is 9.52. The van der Waals surface area contributed by atoms with Crippen molar-refractivity contribution in [1.82, 2.24) is 0 Å². The Labute approximate surface area is 88.0 Å². The SMILES string of the molecule is CC(C)(C)OC(=O)CCSCC(=O)O. The number of hydrogen-bond donors (Lipinski definition) is 1. The predicted octanol–water partition coefficient (Wildman–Crippen LogP) is 1.54. The van der Waals surface area contributed by atoms with E-state index in [4.69, 9.17) is 9.84 Å². The van der Waals surface area contributed by atoms with Crippen molar-refractivity contribution in [2.75, 3.05) is 11.5 Å². The van der Waals surface area contributed by atoms with Crippen LogP contribution in [0.3, 0.4) is 0 Å². The summed E-state index contributed by atoms with van der Waals surface area (Å²) in [5.74, 6) is -0.626. The van der Waals surface area contributed by atoms with Crippen LogP contribution in [0, 0.1) is 0 Å². The van der Waals surface area contributed by atoms with Gasteiger partial charge in [0.1, 0.15) is 5.60 Å². The molecule has 0 aromatic rings. The number of hydrogen-bond acceptors (Lipinski definition) is 4. The zero-order chi connectivity index (χ0) is 11.2. The average molecular weight is 220 g/mol. The summed E-state index contributed by atoms with van der Waals surface area (Å²) < 4.78 is 5.05. The molecule has 0 aromatic heterocycles. The van der Waals surface area contributed by atoms with Crippen LogP contribution in [0.5, 0.6) is 0 Å². The van der Waals surface area contributed by atoms with Gasteiger partial charge in [-0.2, -0.15) is 0 Å². The summed E-state index contributed by atoms with van der Waals surface area (Å²) in [5.41, 5.74) is -0.464. The second kappa shape index (κ2) is 5.90. The van der Waals surface area contributed by atoms with Crippen molar-refractivity contribution < 1.29 is 19.4 Å². The maximum absolute atomic E-state index is 11.1. The Kier molecular flexibility index (Phi) is 5.60. The van der Waals surface area contributed by atoms with Crippen LogP contribution in [0.4, 0.5) is 0 Å². The van der Waals surface area contributed by atoms with Gasteiger partial charge in [0.2, 0.25) is 0 Å². The van der Waals surface area contributed by atoms with Crippen LogP contribution in [0.15, 0.2) is 0 Å². The van der Waals surface area contributed by atoms with Crippen LogP contribution in [-0.2, 0) is 14.3 Å². The fourth-order valence-electron chi connectivity index (χ4n) is 0.708. The summed E-state index contributed by atoms with van der Waals surface area (Å²) >= 11 is 1.22. The highest BCUT2D eigenvalue weighted by Crippen LogP contribution is 2.10. The smallest absolute Gasteiger partial charge is 0.313 e. The van der Waals surface area contributed by atoms with Crippen molar-refractivity contribution in [2.45, 2.75) is 32.8 Å². The van der Waals surface area contributed by atoms with E-state index in [1.165, 1.54) is 11.8 Å². The van der Waals surface area contributed by atoms with Crippen molar-refractivity contribution >= 4 is 23.7 Å². The van der Waals surface area contributed by atoms with Crippen molar-refractivity contribution in [2.24, 2.45) is 0 Å². The van der Waals surface area contributed by atoms with Crippen molar-refractivity contribution in [3.63, 3.8) is 0 Å². The van der Waals surface area contributed by atoms with Crippen molar-refractivity contribution in [3.05, 3.63) is 0 Å². The number of carbonyl (C=O) groups is 2. The fourth-order valence-corrected chi connectivity index (χ4v) is 1.34. The highest BCUT2D eigenvalue weighted by atomic mass is 32.2. The maximum atomic E-state index is 11.1. The van der Waals surface area contributed by atoms with Crippen LogP contribution < -0.4 is 0 Å². The third-order valence-electron chi connectivity index (χ3n) is 1.10. The lowest BCUT2D eigenvalue weighted by molar-refractivity contribution is -0.154. The number of rotatable bonds is 5. The molecule has 0 rings (SSSR count). The first kappa shape index (κ1) is 13.3. The standard InChI is InChI=1S/C9H16O4S/c1-9(2,3)13-8(12)4-5-14-6-7(10)11/h4-6H2,1-3H3,(H,10,11). The van der Waals surface area contributed by atoms with Crippen molar-refractivity contribution in [1.29, 1.82) is 0 Å². The molecule has 4 nitrogen and oxygen atoms in total. The lowest BCUT2D eigenvalue weighted by Gasteiger charge is -2.19. The summed E-state index contributed by atoms with van der Waals surface area (Å²) in [7, 11) is 0. The van der Waals surface area contributed by atoms with E-state index in [2.05, 4.69) is 0 Å². The molecule has 0 amide bonds. The number of carboxylic acid groups (broad SMARTS) is 1. The summed E-state index contributed by atoms with van der Waals surface area (Å²) in [6.45, 7) is 5.40. The van der Waals surface area contributed by atoms with E-state index in [9.17, 15) is 9.59 Å². The first-order valence-electron chi connectivity index (χ1n) is 4.32. The molecule has 0 aliphatic carbocycles. The maximum Gasteiger partial charge on any atom is 0.313 e. The largest absolute Gasteiger partial charge is 0.481 e. The van der Waals surface area contributed by atoms with Crippen LogP contribution in [0.2, 0.25) is 0 Å². The quantitative estimate of drug-likeness (QED) is 0.562. The topological polar surface area (TPSA) is 63.6 Å². The lowest BCUT2D eigenvalue weighted by Crippen LogP contribution is -2.24. The molecular weight excluding hydrogens is 204 g/mol. The highest BCUT2D eigenvalue weighted by Gasteiger charge is 2.15. The minimum Gasteiger partial charge on any atom is -0.481 e. The minimum atomic E-state index is -0.862. The van der Waals surface area contributed by atoms with Gasteiger partial charge in [-0.05, 0) is 20.8 Å². The van der Waals surface area contributed by atoms with Gasteiger partial charge in [-0.3, -0.25) is 9.59 Å². The minimum absolute atomic E-state index is 0.0306. The molecule has 0 radical (unpaired) electrons. The van der Waals surface area contributed by atoms with Gasteiger partial charge in [-0.25, -0.2) is 0 Å². The van der Waals surface area contributed by atoms with Crippen LogP contribution >= 0.6 is 11.8 Å². The van der Waals surface area contributed by atoms with Crippen LogP contribution in [0.1, 0.15) is 27.2 Å². The normalized spacial score (nSPS) is 11.1. The van der Waals surface area contributed by atoms with Gasteiger partial charge in [0.15, 0.2) is 0 Å². The first-order valence-corrected chi connectivity index (χ1v) is 5.48. The number of carbonyl (C=O) groups excluding carboxylic acids is 1. The summed E-state index contributed by atoms with van der Waals surface area (Å²) in [4.78, 5) is 21.3. The third-order valence-corrected chi connectivity index (χ3v) is 2.04. The van der Waals surface area contributed by atoms with Gasteiger partial charge in [0.05, 0.1) is 12.2 Å². The van der Waals surface area contributed by atoms with Crippen molar-refractivity contribution in [3.8, 4) is 0 Å². The summed E-state index contributed by atoms with van der Waals surface area (Å²) in [6, 6.07) is 0. The molecule has 1 N–H and O–H groups in total. The van der Waals surface area contributed by atoms with Gasteiger partial charge < -0.3 is 9.84 Å². The molecular formula is C9H16O4S. The molecule has 82 valence electrons. The number of ether oxygens (including phenoxy) is 1. The predicted molar refractivity (Wildman–Crippen MR) is 55.4 cm³/mol. The Morgan fingerprint density at radius 2 is 1.93 bits per heavy atom. The molecule has 0 aliphatic heterocycles. The molecule has 0 heterocycles. The van der Waals surface area contributed by atoms with Gasteiger partial charge >= 0.3 is 11.9 Å². The number of carboxylic acids is 1. The molecule has 0 saturated heterocycles. The van der Waals surface area contributed by atoms with Gasteiger partial charge in [-0.15, -0.1) is 11.8 Å². The van der Waals surface area contributed by atoms with E-state index in [-0.39, 0.29) is 18.1 Å². The second-order valence-corrected chi connectivity index (χ2v) is 4.89. The Morgan fingerprint density at radius 3 is 2.36 bits per heavy atom. The number of thioether (sulfide) groups is 1. The molecule has 0 saturated carbocycles. The number of aliphatic carboxylic acids is 1. The molecule has 14 heavy (non-hydrogen) atoms. The van der Waals surface area contributed by atoms with E-state index < -0.39 is 11.6 Å². The molecule has 0 bridgehead atoms.